The summed E-state index contributed by atoms with van der Waals surface area (Å²) in [6, 6.07) is 15.9. The second-order valence-electron chi connectivity index (χ2n) is 6.24. The van der Waals surface area contributed by atoms with Crippen LogP contribution in [0.25, 0.3) is 0 Å². The van der Waals surface area contributed by atoms with Crippen molar-refractivity contribution in [2.24, 2.45) is 5.10 Å². The molecular weight excluding hydrogens is 400 g/mol. The van der Waals surface area contributed by atoms with Gasteiger partial charge < -0.3 is 9.47 Å². The molecule has 0 amide bonds. The van der Waals surface area contributed by atoms with Crippen LogP contribution in [0.2, 0.25) is 0 Å². The molecule has 0 saturated carbocycles. The summed E-state index contributed by atoms with van der Waals surface area (Å²) in [5.74, 6) is 0.521. The molecule has 0 fully saturated rings. The molecule has 0 radical (unpaired) electrons. The van der Waals surface area contributed by atoms with Gasteiger partial charge >= 0.3 is 6.18 Å². The predicted molar refractivity (Wildman–Crippen MR) is 106 cm³/mol. The van der Waals surface area contributed by atoms with E-state index in [1.54, 1.807) is 36.4 Å². The first-order valence-corrected chi connectivity index (χ1v) is 8.87. The SMILES string of the molecule is COc1cc(/C=N/Nc2ccc(C(F)(F)F)cc2)ccc1OCc1ccccc1F. The number of rotatable bonds is 7. The van der Waals surface area contributed by atoms with Crippen LogP contribution in [0, 0.1) is 5.82 Å². The maximum absolute atomic E-state index is 13.7. The number of nitrogens with zero attached hydrogens (tertiary/aromatic N) is 1. The second-order valence-corrected chi connectivity index (χ2v) is 6.24. The van der Waals surface area contributed by atoms with Crippen molar-refractivity contribution in [3.63, 3.8) is 0 Å². The number of hydrazone groups is 1. The minimum atomic E-state index is -4.38. The molecule has 4 nitrogen and oxygen atoms in total. The molecule has 0 aliphatic rings. The molecule has 8 heteroatoms. The number of nitrogens with one attached hydrogen (secondary N) is 1. The van der Waals surface area contributed by atoms with E-state index >= 15 is 0 Å². The Morgan fingerprint density at radius 2 is 1.70 bits per heavy atom. The summed E-state index contributed by atoms with van der Waals surface area (Å²) in [6.45, 7) is 0.0476. The summed E-state index contributed by atoms with van der Waals surface area (Å²) in [7, 11) is 1.48. The zero-order chi connectivity index (χ0) is 21.6. The number of hydrogen-bond donors (Lipinski definition) is 1. The average molecular weight is 418 g/mol. The van der Waals surface area contributed by atoms with Gasteiger partial charge in [0.15, 0.2) is 11.5 Å². The van der Waals surface area contributed by atoms with E-state index in [0.29, 0.717) is 28.3 Å². The zero-order valence-electron chi connectivity index (χ0n) is 15.9. The molecular formula is C22H18F4N2O2. The Morgan fingerprint density at radius 1 is 0.967 bits per heavy atom. The van der Waals surface area contributed by atoms with Gasteiger partial charge in [0.25, 0.3) is 0 Å². The lowest BCUT2D eigenvalue weighted by Crippen LogP contribution is -2.04. The molecule has 0 aliphatic heterocycles. The van der Waals surface area contributed by atoms with Gasteiger partial charge in [-0.25, -0.2) is 4.39 Å². The standard InChI is InChI=1S/C22H18F4N2O2/c1-29-21-12-15(6-11-20(21)30-14-16-4-2-3-5-19(16)23)13-27-28-18-9-7-17(8-10-18)22(24,25)26/h2-13,28H,14H2,1H3/b27-13+. The fourth-order valence-electron chi connectivity index (χ4n) is 2.57. The molecule has 0 saturated heterocycles. The van der Waals surface area contributed by atoms with Crippen molar-refractivity contribution in [2.75, 3.05) is 12.5 Å². The highest BCUT2D eigenvalue weighted by atomic mass is 19.4. The number of halogens is 4. The van der Waals surface area contributed by atoms with Gasteiger partial charge in [-0.15, -0.1) is 0 Å². The average Bonchev–Trinajstić information content (AvgIpc) is 2.73. The van der Waals surface area contributed by atoms with Crippen molar-refractivity contribution in [1.82, 2.24) is 0 Å². The number of ether oxygens (including phenoxy) is 2. The maximum Gasteiger partial charge on any atom is 0.416 e. The highest BCUT2D eigenvalue weighted by Gasteiger charge is 2.29. The smallest absolute Gasteiger partial charge is 0.416 e. The van der Waals surface area contributed by atoms with E-state index in [-0.39, 0.29) is 12.4 Å². The Labute approximate surface area is 170 Å². The van der Waals surface area contributed by atoms with Gasteiger partial charge in [0.2, 0.25) is 0 Å². The molecule has 1 N–H and O–H groups in total. The fraction of sp³-hybridized carbons (Fsp3) is 0.136. The van der Waals surface area contributed by atoms with Crippen molar-refractivity contribution in [2.45, 2.75) is 12.8 Å². The lowest BCUT2D eigenvalue weighted by molar-refractivity contribution is -0.137. The maximum atomic E-state index is 13.7. The lowest BCUT2D eigenvalue weighted by atomic mass is 10.2. The Kier molecular flexibility index (Phi) is 6.56. The third-order valence-corrected chi connectivity index (χ3v) is 4.15. The Bertz CT molecular complexity index is 1020. The molecule has 30 heavy (non-hydrogen) atoms. The van der Waals surface area contributed by atoms with Crippen LogP contribution >= 0.6 is 0 Å². The van der Waals surface area contributed by atoms with Crippen LogP contribution in [0.15, 0.2) is 71.8 Å². The van der Waals surface area contributed by atoms with Crippen LogP contribution in [0.4, 0.5) is 23.2 Å². The summed E-state index contributed by atoms with van der Waals surface area (Å²) in [5, 5.41) is 4.01. The topological polar surface area (TPSA) is 42.8 Å². The minimum absolute atomic E-state index is 0.0476. The summed E-state index contributed by atoms with van der Waals surface area (Å²) >= 11 is 0. The Hall–Kier alpha value is -3.55. The lowest BCUT2D eigenvalue weighted by Gasteiger charge is -2.11. The number of anilines is 1. The second kappa shape index (κ2) is 9.30. The van der Waals surface area contributed by atoms with Gasteiger partial charge in [-0.3, -0.25) is 5.43 Å². The van der Waals surface area contributed by atoms with Crippen LogP contribution < -0.4 is 14.9 Å². The number of benzene rings is 3. The first-order chi connectivity index (χ1) is 14.4. The molecule has 0 aromatic heterocycles. The molecule has 0 atom stereocenters. The summed E-state index contributed by atoms with van der Waals surface area (Å²) in [5.41, 5.74) is 3.44. The van der Waals surface area contributed by atoms with Gasteiger partial charge in [0, 0.05) is 5.56 Å². The number of hydrogen-bond acceptors (Lipinski definition) is 4. The van der Waals surface area contributed by atoms with Crippen molar-refractivity contribution in [3.05, 3.63) is 89.2 Å². The molecule has 3 aromatic carbocycles. The monoisotopic (exact) mass is 418 g/mol. The molecule has 3 aromatic rings. The minimum Gasteiger partial charge on any atom is -0.493 e. The highest BCUT2D eigenvalue weighted by molar-refractivity contribution is 5.81. The van der Waals surface area contributed by atoms with E-state index in [4.69, 9.17) is 9.47 Å². The van der Waals surface area contributed by atoms with Gasteiger partial charge in [0.1, 0.15) is 12.4 Å². The summed E-state index contributed by atoms with van der Waals surface area (Å²) in [6.07, 6.45) is -2.89. The third-order valence-electron chi connectivity index (χ3n) is 4.15. The molecule has 0 unspecified atom stereocenters. The van der Waals surface area contributed by atoms with Gasteiger partial charge in [-0.2, -0.15) is 18.3 Å². The Morgan fingerprint density at radius 3 is 2.37 bits per heavy atom. The van der Waals surface area contributed by atoms with E-state index < -0.39 is 11.7 Å². The Balaban J connectivity index is 1.63. The predicted octanol–water partition coefficient (Wildman–Crippen LogP) is 5.88. The van der Waals surface area contributed by atoms with E-state index in [1.807, 2.05) is 0 Å². The molecule has 0 aliphatic carbocycles. The van der Waals surface area contributed by atoms with Crippen molar-refractivity contribution >= 4 is 11.9 Å². The van der Waals surface area contributed by atoms with Crippen LogP contribution in [-0.4, -0.2) is 13.3 Å². The molecule has 0 bridgehead atoms. The zero-order valence-corrected chi connectivity index (χ0v) is 15.9. The van der Waals surface area contributed by atoms with Crippen LogP contribution in [-0.2, 0) is 12.8 Å². The van der Waals surface area contributed by atoms with Crippen LogP contribution in [0.3, 0.4) is 0 Å². The van der Waals surface area contributed by atoms with E-state index in [2.05, 4.69) is 10.5 Å². The fourth-order valence-corrected chi connectivity index (χ4v) is 2.57. The van der Waals surface area contributed by atoms with E-state index in [0.717, 1.165) is 12.1 Å². The molecule has 156 valence electrons. The third kappa shape index (κ3) is 5.50. The first kappa shape index (κ1) is 21.2. The highest BCUT2D eigenvalue weighted by Crippen LogP contribution is 2.30. The largest absolute Gasteiger partial charge is 0.493 e. The van der Waals surface area contributed by atoms with Crippen molar-refractivity contribution in [1.29, 1.82) is 0 Å². The quantitative estimate of drug-likeness (QED) is 0.296. The van der Waals surface area contributed by atoms with Crippen molar-refractivity contribution < 1.29 is 27.0 Å². The van der Waals surface area contributed by atoms with E-state index in [9.17, 15) is 17.6 Å². The summed E-state index contributed by atoms with van der Waals surface area (Å²) < 4.78 is 62.4. The number of alkyl halides is 3. The molecule has 3 rings (SSSR count). The number of methoxy groups -OCH3 is 1. The van der Waals surface area contributed by atoms with Gasteiger partial charge in [-0.05, 0) is 54.1 Å². The normalized spacial score (nSPS) is 11.5. The van der Waals surface area contributed by atoms with Crippen molar-refractivity contribution in [3.8, 4) is 11.5 Å². The summed E-state index contributed by atoms with van der Waals surface area (Å²) in [4.78, 5) is 0. The van der Waals surface area contributed by atoms with E-state index in [1.165, 1.54) is 31.5 Å². The first-order valence-electron chi connectivity index (χ1n) is 8.87. The van der Waals surface area contributed by atoms with Gasteiger partial charge in [-0.1, -0.05) is 18.2 Å². The molecule has 0 heterocycles. The molecule has 0 spiro atoms. The van der Waals surface area contributed by atoms with Crippen LogP contribution in [0.1, 0.15) is 16.7 Å². The van der Waals surface area contributed by atoms with Crippen LogP contribution in [0.5, 0.6) is 11.5 Å². The van der Waals surface area contributed by atoms with Gasteiger partial charge in [0.05, 0.1) is 24.6 Å².